The maximum Gasteiger partial charge on any atom is 0.122 e. The molecule has 1 saturated carbocycles. The zero-order valence-corrected chi connectivity index (χ0v) is 11.8. The maximum absolute atomic E-state index is 6.49. The van der Waals surface area contributed by atoms with Crippen molar-refractivity contribution in [2.24, 2.45) is 17.6 Å². The molecule has 3 rings (SSSR count). The minimum Gasteiger partial charge on any atom is -0.493 e. The van der Waals surface area contributed by atoms with Crippen LogP contribution in [0.5, 0.6) is 5.75 Å². The molecule has 19 heavy (non-hydrogen) atoms. The van der Waals surface area contributed by atoms with Crippen LogP contribution in [0, 0.1) is 11.8 Å². The summed E-state index contributed by atoms with van der Waals surface area (Å²) in [5, 5.41) is 0. The molecule has 1 aliphatic heterocycles. The summed E-state index contributed by atoms with van der Waals surface area (Å²) in [6, 6.07) is 8.83. The van der Waals surface area contributed by atoms with Gasteiger partial charge >= 0.3 is 0 Å². The predicted molar refractivity (Wildman–Crippen MR) is 78.4 cm³/mol. The fourth-order valence-corrected chi connectivity index (χ4v) is 3.82. The van der Waals surface area contributed by atoms with Crippen molar-refractivity contribution in [3.05, 3.63) is 29.8 Å². The smallest absolute Gasteiger partial charge is 0.122 e. The number of benzene rings is 1. The minimum atomic E-state index is 0.362. The van der Waals surface area contributed by atoms with Gasteiger partial charge in [0.2, 0.25) is 0 Å². The van der Waals surface area contributed by atoms with Crippen LogP contribution in [0.4, 0.5) is 0 Å². The lowest BCUT2D eigenvalue weighted by molar-refractivity contribution is 0.250. The molecule has 0 saturated heterocycles. The number of rotatable bonds is 3. The number of nitrogens with two attached hydrogens (primary N) is 1. The van der Waals surface area contributed by atoms with Crippen LogP contribution in [0.25, 0.3) is 0 Å². The van der Waals surface area contributed by atoms with E-state index in [9.17, 15) is 0 Å². The SMILES string of the molecule is CC1CCC(C(N)CC2CCOc3ccccc32)C1. The predicted octanol–water partition coefficient (Wildman–Crippen LogP) is 3.71. The Morgan fingerprint density at radius 3 is 2.89 bits per heavy atom. The summed E-state index contributed by atoms with van der Waals surface area (Å²) in [6.07, 6.45) is 6.26. The van der Waals surface area contributed by atoms with Crippen molar-refractivity contribution in [2.45, 2.75) is 51.0 Å². The van der Waals surface area contributed by atoms with Crippen LogP contribution >= 0.6 is 0 Å². The average molecular weight is 259 g/mol. The third-order valence-electron chi connectivity index (χ3n) is 4.98. The van der Waals surface area contributed by atoms with Gasteiger partial charge in [0.05, 0.1) is 6.61 Å². The van der Waals surface area contributed by atoms with Gasteiger partial charge in [-0.05, 0) is 55.1 Å². The van der Waals surface area contributed by atoms with Crippen LogP contribution in [0.15, 0.2) is 24.3 Å². The van der Waals surface area contributed by atoms with Gasteiger partial charge in [0.1, 0.15) is 5.75 Å². The highest BCUT2D eigenvalue weighted by molar-refractivity contribution is 5.37. The van der Waals surface area contributed by atoms with E-state index in [1.807, 2.05) is 0 Å². The summed E-state index contributed by atoms with van der Waals surface area (Å²) in [7, 11) is 0. The van der Waals surface area contributed by atoms with Gasteiger partial charge in [0.25, 0.3) is 0 Å². The maximum atomic E-state index is 6.49. The third-order valence-corrected chi connectivity index (χ3v) is 4.98. The fourth-order valence-electron chi connectivity index (χ4n) is 3.82. The van der Waals surface area contributed by atoms with Crippen LogP contribution in [0.3, 0.4) is 0 Å². The van der Waals surface area contributed by atoms with Gasteiger partial charge in [-0.1, -0.05) is 31.5 Å². The molecule has 0 bridgehead atoms. The molecule has 0 radical (unpaired) electrons. The lowest BCUT2D eigenvalue weighted by Gasteiger charge is -2.30. The summed E-state index contributed by atoms with van der Waals surface area (Å²) in [6.45, 7) is 3.20. The average Bonchev–Trinajstić information content (AvgIpc) is 2.86. The number of hydrogen-bond acceptors (Lipinski definition) is 2. The number of hydrogen-bond donors (Lipinski definition) is 1. The molecule has 2 nitrogen and oxygen atoms in total. The van der Waals surface area contributed by atoms with Gasteiger partial charge in [-0.25, -0.2) is 0 Å². The zero-order valence-electron chi connectivity index (χ0n) is 11.8. The monoisotopic (exact) mass is 259 g/mol. The first-order chi connectivity index (χ1) is 9.24. The van der Waals surface area contributed by atoms with Crippen molar-refractivity contribution >= 4 is 0 Å². The third kappa shape index (κ3) is 2.79. The summed E-state index contributed by atoms with van der Waals surface area (Å²) in [4.78, 5) is 0. The van der Waals surface area contributed by atoms with Crippen molar-refractivity contribution in [3.63, 3.8) is 0 Å². The molecular formula is C17H25NO. The van der Waals surface area contributed by atoms with E-state index < -0.39 is 0 Å². The Labute approximate surface area is 116 Å². The van der Waals surface area contributed by atoms with Gasteiger partial charge in [-0.15, -0.1) is 0 Å². The first-order valence-corrected chi connectivity index (χ1v) is 7.71. The standard InChI is InChI=1S/C17H25NO/c1-12-6-7-14(10-12)16(18)11-13-8-9-19-17-5-3-2-4-15(13)17/h2-5,12-14,16H,6-11,18H2,1H3. The van der Waals surface area contributed by atoms with Crippen LogP contribution in [0.1, 0.15) is 50.5 Å². The Balaban J connectivity index is 1.67. The topological polar surface area (TPSA) is 35.2 Å². The van der Waals surface area contributed by atoms with Gasteiger partial charge in [-0.2, -0.15) is 0 Å². The molecule has 0 amide bonds. The molecule has 1 heterocycles. The van der Waals surface area contributed by atoms with Crippen molar-refractivity contribution in [1.29, 1.82) is 0 Å². The van der Waals surface area contributed by atoms with Gasteiger partial charge < -0.3 is 10.5 Å². The molecule has 2 heteroatoms. The van der Waals surface area contributed by atoms with Crippen LogP contribution in [-0.4, -0.2) is 12.6 Å². The van der Waals surface area contributed by atoms with Crippen molar-refractivity contribution in [1.82, 2.24) is 0 Å². The lowest BCUT2D eigenvalue weighted by Crippen LogP contribution is -2.31. The van der Waals surface area contributed by atoms with Crippen LogP contribution in [0.2, 0.25) is 0 Å². The largest absolute Gasteiger partial charge is 0.493 e. The van der Waals surface area contributed by atoms with E-state index in [0.717, 1.165) is 37.0 Å². The molecule has 4 atom stereocenters. The van der Waals surface area contributed by atoms with E-state index >= 15 is 0 Å². The first-order valence-electron chi connectivity index (χ1n) is 7.71. The van der Waals surface area contributed by atoms with E-state index in [0.29, 0.717) is 12.0 Å². The van der Waals surface area contributed by atoms with Crippen LogP contribution in [-0.2, 0) is 0 Å². The number of fused-ring (bicyclic) bond motifs is 1. The summed E-state index contributed by atoms with van der Waals surface area (Å²) >= 11 is 0. The van der Waals surface area contributed by atoms with Gasteiger partial charge in [0, 0.05) is 6.04 Å². The second-order valence-corrected chi connectivity index (χ2v) is 6.45. The Morgan fingerprint density at radius 1 is 1.26 bits per heavy atom. The van der Waals surface area contributed by atoms with Crippen LogP contribution < -0.4 is 10.5 Å². The van der Waals surface area contributed by atoms with E-state index in [2.05, 4.69) is 31.2 Å². The molecule has 4 unspecified atom stereocenters. The molecule has 2 aliphatic rings. The fraction of sp³-hybridized carbons (Fsp3) is 0.647. The van der Waals surface area contributed by atoms with E-state index in [1.165, 1.54) is 24.8 Å². The molecule has 1 fully saturated rings. The molecule has 1 aromatic carbocycles. The Morgan fingerprint density at radius 2 is 2.11 bits per heavy atom. The Hall–Kier alpha value is -1.02. The van der Waals surface area contributed by atoms with E-state index in [1.54, 1.807) is 0 Å². The van der Waals surface area contributed by atoms with Crippen molar-refractivity contribution in [3.8, 4) is 5.75 Å². The molecule has 1 aromatic rings. The van der Waals surface area contributed by atoms with Gasteiger partial charge in [0.15, 0.2) is 0 Å². The lowest BCUT2D eigenvalue weighted by atomic mass is 9.83. The quantitative estimate of drug-likeness (QED) is 0.898. The normalized spacial score (nSPS) is 31.6. The molecule has 2 N–H and O–H groups in total. The molecule has 0 aromatic heterocycles. The van der Waals surface area contributed by atoms with Crippen molar-refractivity contribution in [2.75, 3.05) is 6.61 Å². The van der Waals surface area contributed by atoms with E-state index in [-0.39, 0.29) is 0 Å². The molecular weight excluding hydrogens is 234 g/mol. The summed E-state index contributed by atoms with van der Waals surface area (Å²) in [5.74, 6) is 3.28. The van der Waals surface area contributed by atoms with Crippen molar-refractivity contribution < 1.29 is 4.74 Å². The second-order valence-electron chi connectivity index (χ2n) is 6.45. The van der Waals surface area contributed by atoms with E-state index in [4.69, 9.17) is 10.5 Å². The minimum absolute atomic E-state index is 0.362. The molecule has 1 aliphatic carbocycles. The Bertz CT molecular complexity index is 431. The summed E-state index contributed by atoms with van der Waals surface area (Å²) < 4.78 is 5.74. The molecule has 104 valence electrons. The highest BCUT2D eigenvalue weighted by Crippen LogP contribution is 2.39. The second kappa shape index (κ2) is 5.54. The number of para-hydroxylation sites is 1. The highest BCUT2D eigenvalue weighted by Gasteiger charge is 2.30. The number of ether oxygens (including phenoxy) is 1. The summed E-state index contributed by atoms with van der Waals surface area (Å²) in [5.41, 5.74) is 7.86. The zero-order chi connectivity index (χ0) is 13.2. The Kier molecular flexibility index (Phi) is 3.79. The first kappa shape index (κ1) is 13.0. The molecule has 0 spiro atoms. The van der Waals surface area contributed by atoms with Gasteiger partial charge in [-0.3, -0.25) is 0 Å². The highest BCUT2D eigenvalue weighted by atomic mass is 16.5.